The third-order valence-electron chi connectivity index (χ3n) is 7.78. The summed E-state index contributed by atoms with van der Waals surface area (Å²) >= 11 is 0. The smallest absolute Gasteiger partial charge is 0.338 e. The molecule has 1 atom stereocenters. The summed E-state index contributed by atoms with van der Waals surface area (Å²) in [4.78, 5) is 13.9. The molecule has 0 radical (unpaired) electrons. The van der Waals surface area contributed by atoms with Crippen LogP contribution >= 0.6 is 0 Å². The summed E-state index contributed by atoms with van der Waals surface area (Å²) in [5.41, 5.74) is 3.14. The van der Waals surface area contributed by atoms with Crippen molar-refractivity contribution in [3.8, 4) is 0 Å². The quantitative estimate of drug-likeness (QED) is 0.104. The van der Waals surface area contributed by atoms with E-state index in [1.165, 1.54) is 77.0 Å². The lowest BCUT2D eigenvalue weighted by Gasteiger charge is -2.22. The van der Waals surface area contributed by atoms with Crippen LogP contribution in [0.15, 0.2) is 42.5 Å². The van der Waals surface area contributed by atoms with Crippen LogP contribution in [0.5, 0.6) is 0 Å². The predicted octanol–water partition coefficient (Wildman–Crippen LogP) is 5.89. The Balaban J connectivity index is 0.000000312. The minimum absolute atomic E-state index is 0.220. The molecule has 4 rings (SSSR count). The predicted molar refractivity (Wildman–Crippen MR) is 173 cm³/mol. The fourth-order valence-corrected chi connectivity index (χ4v) is 5.25. The van der Waals surface area contributed by atoms with E-state index in [9.17, 15) is 15.0 Å². The van der Waals surface area contributed by atoms with Gasteiger partial charge in [-0.1, -0.05) is 107 Å². The molecular formula is C33H51N7O4. The molecule has 0 aliphatic heterocycles. The third kappa shape index (κ3) is 11.3. The minimum atomic E-state index is -0.955. The van der Waals surface area contributed by atoms with Gasteiger partial charge in [-0.2, -0.15) is 0 Å². The molecule has 4 aromatic rings. The molecule has 11 nitrogen and oxygen atoms in total. The number of hydrogen-bond acceptors (Lipinski definition) is 8. The molecule has 0 aliphatic rings. The van der Waals surface area contributed by atoms with Gasteiger partial charge in [0.15, 0.2) is 0 Å². The van der Waals surface area contributed by atoms with Crippen LogP contribution < -0.4 is 0 Å². The fraction of sp³-hybridized carbons (Fsp3) is 0.606. The second-order valence-electron chi connectivity index (χ2n) is 11.5. The van der Waals surface area contributed by atoms with Gasteiger partial charge in [-0.25, -0.2) is 14.2 Å². The largest absolute Gasteiger partial charge is 0.478 e. The second kappa shape index (κ2) is 19.8. The number of benzene rings is 2. The Morgan fingerprint density at radius 3 is 2.00 bits per heavy atom. The van der Waals surface area contributed by atoms with E-state index in [4.69, 9.17) is 5.11 Å². The van der Waals surface area contributed by atoms with Crippen molar-refractivity contribution in [1.82, 2.24) is 34.9 Å². The summed E-state index contributed by atoms with van der Waals surface area (Å²) in [6, 6.07) is 12.8. The number of unbranched alkanes of at least 4 members (excludes halogenated alkanes) is 10. The van der Waals surface area contributed by atoms with E-state index in [0.717, 1.165) is 29.6 Å². The molecule has 1 unspecified atom stereocenters. The van der Waals surface area contributed by atoms with Gasteiger partial charge in [0.2, 0.25) is 0 Å². The topological polar surface area (TPSA) is 142 Å². The van der Waals surface area contributed by atoms with Gasteiger partial charge in [-0.3, -0.25) is 4.90 Å². The van der Waals surface area contributed by atoms with E-state index in [1.807, 2.05) is 35.0 Å². The zero-order chi connectivity index (χ0) is 31.6. The second-order valence-corrected chi connectivity index (χ2v) is 11.5. The van der Waals surface area contributed by atoms with E-state index < -0.39 is 12.1 Å². The normalized spacial score (nSPS) is 12.1. The number of carboxylic acids is 1. The van der Waals surface area contributed by atoms with Gasteiger partial charge in [0, 0.05) is 0 Å². The van der Waals surface area contributed by atoms with Gasteiger partial charge >= 0.3 is 5.97 Å². The number of aromatic carboxylic acids is 1. The van der Waals surface area contributed by atoms with Gasteiger partial charge in [0.25, 0.3) is 0 Å². The molecule has 0 saturated heterocycles. The number of fused-ring (bicyclic) bond motifs is 2. The molecular weight excluding hydrogens is 558 g/mol. The zero-order valence-corrected chi connectivity index (χ0v) is 26.5. The maximum Gasteiger partial charge on any atom is 0.338 e. The number of para-hydroxylation sites is 1. The average Bonchev–Trinajstić information content (AvgIpc) is 3.64. The van der Waals surface area contributed by atoms with Gasteiger partial charge < -0.3 is 15.3 Å². The number of nitrogens with zero attached hydrogens (tertiary/aromatic N) is 7. The van der Waals surface area contributed by atoms with Crippen molar-refractivity contribution in [2.45, 2.75) is 110 Å². The van der Waals surface area contributed by atoms with Crippen LogP contribution in [0.3, 0.4) is 0 Å². The molecule has 2 aromatic carbocycles. The standard InChI is InChI=1S/C24H40N4O2.C9H11N3O2/c1-3-5-7-9-11-13-18-27(19-14-12-10-8-6-4-2)20-28-22-17-15-16-21(24(29)30)23(22)25-26-28;13-6-7(14)5-12-9-4-2-1-3-8(9)10-11-12/h15-17H,3-14,18-20H2,1-2H3,(H,29,30);1-4,7,13-14H,5-6H2. The molecule has 2 aromatic heterocycles. The van der Waals surface area contributed by atoms with Crippen molar-refractivity contribution >= 4 is 28.0 Å². The number of carbonyl (C=O) groups is 1. The fourth-order valence-electron chi connectivity index (χ4n) is 5.25. The number of aliphatic hydroxyl groups excluding tert-OH is 2. The van der Waals surface area contributed by atoms with Gasteiger partial charge in [0.1, 0.15) is 11.0 Å². The molecule has 242 valence electrons. The van der Waals surface area contributed by atoms with Crippen molar-refractivity contribution < 1.29 is 20.1 Å². The molecule has 44 heavy (non-hydrogen) atoms. The Hall–Kier alpha value is -3.41. The highest BCUT2D eigenvalue weighted by Gasteiger charge is 2.15. The molecule has 0 aliphatic carbocycles. The van der Waals surface area contributed by atoms with Crippen LogP contribution in [0.2, 0.25) is 0 Å². The summed E-state index contributed by atoms with van der Waals surface area (Å²) in [6.07, 6.45) is 14.7. The Labute approximate surface area is 260 Å². The third-order valence-corrected chi connectivity index (χ3v) is 7.78. The lowest BCUT2D eigenvalue weighted by atomic mass is 10.1. The summed E-state index contributed by atoms with van der Waals surface area (Å²) in [5.74, 6) is -0.955. The number of hydrogen-bond donors (Lipinski definition) is 3. The van der Waals surface area contributed by atoms with Crippen LogP contribution in [-0.2, 0) is 13.2 Å². The molecule has 0 fully saturated rings. The molecule has 0 amide bonds. The highest BCUT2D eigenvalue weighted by atomic mass is 16.4. The van der Waals surface area contributed by atoms with Crippen molar-refractivity contribution in [3.05, 3.63) is 48.0 Å². The summed E-state index contributed by atoms with van der Waals surface area (Å²) in [6.45, 7) is 7.28. The van der Waals surface area contributed by atoms with E-state index in [2.05, 4.69) is 39.4 Å². The van der Waals surface area contributed by atoms with Crippen LogP contribution in [0.4, 0.5) is 0 Å². The van der Waals surface area contributed by atoms with E-state index >= 15 is 0 Å². The molecule has 0 bridgehead atoms. The van der Waals surface area contributed by atoms with Crippen LogP contribution in [-0.4, -0.2) is 82.0 Å². The van der Waals surface area contributed by atoms with Gasteiger partial charge in [-0.05, 0) is 50.2 Å². The average molecular weight is 610 g/mol. The Bertz CT molecular complexity index is 1360. The van der Waals surface area contributed by atoms with E-state index in [1.54, 1.807) is 16.8 Å². The minimum Gasteiger partial charge on any atom is -0.478 e. The first-order valence-corrected chi connectivity index (χ1v) is 16.3. The van der Waals surface area contributed by atoms with Crippen molar-refractivity contribution in [1.29, 1.82) is 0 Å². The Kier molecular flexibility index (Phi) is 15.8. The summed E-state index contributed by atoms with van der Waals surface area (Å²) in [5, 5.41) is 43.6. The highest BCUT2D eigenvalue weighted by molar-refractivity contribution is 6.00. The molecule has 2 heterocycles. The molecule has 3 N–H and O–H groups in total. The van der Waals surface area contributed by atoms with Crippen molar-refractivity contribution in [3.63, 3.8) is 0 Å². The highest BCUT2D eigenvalue weighted by Crippen LogP contribution is 2.17. The SMILES string of the molecule is CCCCCCCCN(CCCCCCCC)Cn1nnc2c(C(=O)O)cccc21.OCC(O)Cn1nnc2ccccc21. The van der Waals surface area contributed by atoms with E-state index in [-0.39, 0.29) is 18.7 Å². The molecule has 0 spiro atoms. The van der Waals surface area contributed by atoms with Gasteiger partial charge in [0.05, 0.1) is 42.5 Å². The van der Waals surface area contributed by atoms with Crippen molar-refractivity contribution in [2.75, 3.05) is 19.7 Å². The number of carboxylic acid groups (broad SMARTS) is 1. The van der Waals surface area contributed by atoms with E-state index in [0.29, 0.717) is 12.2 Å². The Morgan fingerprint density at radius 2 is 1.36 bits per heavy atom. The zero-order valence-electron chi connectivity index (χ0n) is 26.5. The molecule has 0 saturated carbocycles. The van der Waals surface area contributed by atoms with Gasteiger partial charge in [-0.15, -0.1) is 10.2 Å². The number of aromatic nitrogens is 6. The van der Waals surface area contributed by atoms with Crippen LogP contribution in [0.25, 0.3) is 22.1 Å². The monoisotopic (exact) mass is 609 g/mol. The van der Waals surface area contributed by atoms with Crippen molar-refractivity contribution in [2.24, 2.45) is 0 Å². The maximum absolute atomic E-state index is 11.5. The lowest BCUT2D eigenvalue weighted by molar-refractivity contribution is 0.0698. The first-order valence-electron chi connectivity index (χ1n) is 16.3. The van der Waals surface area contributed by atoms with Crippen LogP contribution in [0.1, 0.15) is 101 Å². The summed E-state index contributed by atoms with van der Waals surface area (Å²) < 4.78 is 3.44. The lowest BCUT2D eigenvalue weighted by Crippen LogP contribution is -2.29. The first-order chi connectivity index (χ1) is 21.5. The first kappa shape index (κ1) is 35.1. The number of aliphatic hydroxyl groups is 2. The number of rotatable bonds is 20. The molecule has 11 heteroatoms. The Morgan fingerprint density at radius 1 is 0.773 bits per heavy atom. The van der Waals surface area contributed by atoms with Crippen LogP contribution in [0, 0.1) is 0 Å². The maximum atomic E-state index is 11.5. The summed E-state index contributed by atoms with van der Waals surface area (Å²) in [7, 11) is 0.